The molecule has 0 spiro atoms. The van der Waals surface area contributed by atoms with Crippen LogP contribution < -0.4 is 5.32 Å². The van der Waals surface area contributed by atoms with E-state index in [0.717, 1.165) is 12.3 Å². The zero-order chi connectivity index (χ0) is 25.2. The highest BCUT2D eigenvalue weighted by atomic mass is 32.2. The second-order valence-corrected chi connectivity index (χ2v) is 9.60. The number of pyridine rings is 1. The molecule has 1 N–H and O–H groups in total. The first-order valence-electron chi connectivity index (χ1n) is 10.7. The van der Waals surface area contributed by atoms with Gasteiger partial charge in [-0.15, -0.1) is 0 Å². The summed E-state index contributed by atoms with van der Waals surface area (Å²) in [6, 6.07) is 8.97. The van der Waals surface area contributed by atoms with Crippen molar-refractivity contribution in [1.29, 1.82) is 0 Å². The first kappa shape index (κ1) is 24.9. The lowest BCUT2D eigenvalue weighted by Gasteiger charge is -2.32. The van der Waals surface area contributed by atoms with Crippen LogP contribution in [0.1, 0.15) is 31.0 Å². The summed E-state index contributed by atoms with van der Waals surface area (Å²) in [5.74, 6) is -0.790. The molecule has 4 rings (SSSR count). The Morgan fingerprint density at radius 3 is 2.51 bits per heavy atom. The van der Waals surface area contributed by atoms with Gasteiger partial charge in [0, 0.05) is 12.7 Å². The highest BCUT2D eigenvalue weighted by Gasteiger charge is 2.46. The fraction of sp³-hybridized carbons (Fsp3) is 0.304. The molecule has 1 aromatic carbocycles. The normalized spacial score (nSPS) is 19.5. The molecular weight excluding hydrogens is 486 g/mol. The molecule has 1 amide bonds. The Morgan fingerprint density at radius 2 is 1.86 bits per heavy atom. The van der Waals surface area contributed by atoms with Gasteiger partial charge in [-0.1, -0.05) is 0 Å². The summed E-state index contributed by atoms with van der Waals surface area (Å²) in [6.07, 6.45) is -1.37. The number of halogens is 4. The summed E-state index contributed by atoms with van der Waals surface area (Å²) >= 11 is 0. The lowest BCUT2D eigenvalue weighted by atomic mass is 9.99. The number of nitrogens with one attached hydrogen (secondary N) is 1. The third-order valence-corrected chi connectivity index (χ3v) is 7.45. The minimum atomic E-state index is -4.49. The number of hydrogen-bond acceptors (Lipinski definition) is 5. The highest BCUT2D eigenvalue weighted by molar-refractivity contribution is 7.82. The standard InChI is InChI=1S/C23H21F4N5O2S/c1-22(9-2-10-32(22)35(34)18-6-4-16(24)5-7-18)21(33)29-13-17-11-20(31-14-30-17)19-8-3-15(12-28-19)23(25,26)27/h3-8,11-12,14H,2,9-10,13H2,1H3,(H,29,33)/t22-,35?/m0/s1. The first-order valence-corrected chi connectivity index (χ1v) is 11.8. The topological polar surface area (TPSA) is 88.1 Å². The number of aromatic nitrogens is 3. The number of carbonyl (C=O) groups is 1. The third kappa shape index (κ3) is 5.38. The van der Waals surface area contributed by atoms with Gasteiger partial charge in [-0.3, -0.25) is 9.78 Å². The maximum atomic E-state index is 13.2. The molecule has 3 heterocycles. The Kier molecular flexibility index (Phi) is 6.95. The van der Waals surface area contributed by atoms with Crippen LogP contribution >= 0.6 is 0 Å². The van der Waals surface area contributed by atoms with Crippen molar-refractivity contribution in [2.45, 2.75) is 42.9 Å². The Morgan fingerprint density at radius 1 is 1.11 bits per heavy atom. The predicted molar refractivity (Wildman–Crippen MR) is 119 cm³/mol. The second-order valence-electron chi connectivity index (χ2n) is 8.19. The zero-order valence-electron chi connectivity index (χ0n) is 18.6. The number of rotatable bonds is 6. The molecule has 2 aromatic heterocycles. The van der Waals surface area contributed by atoms with Crippen molar-refractivity contribution in [3.8, 4) is 11.4 Å². The number of benzene rings is 1. The van der Waals surface area contributed by atoms with E-state index in [1.807, 2.05) is 0 Å². The molecule has 35 heavy (non-hydrogen) atoms. The van der Waals surface area contributed by atoms with Crippen molar-refractivity contribution in [1.82, 2.24) is 24.6 Å². The van der Waals surface area contributed by atoms with E-state index in [4.69, 9.17) is 0 Å². The molecule has 1 saturated heterocycles. The number of hydrogen-bond donors (Lipinski definition) is 1. The molecule has 184 valence electrons. The van der Waals surface area contributed by atoms with Crippen LogP contribution in [0.5, 0.6) is 0 Å². The summed E-state index contributed by atoms with van der Waals surface area (Å²) in [4.78, 5) is 25.5. The minimum Gasteiger partial charge on any atom is -0.349 e. The monoisotopic (exact) mass is 507 g/mol. The average molecular weight is 508 g/mol. The van der Waals surface area contributed by atoms with E-state index in [1.54, 1.807) is 11.2 Å². The SMILES string of the molecule is C[C@@]1(C(=O)NCc2cc(-c3ccc(C(F)(F)F)cn3)ncn2)CCCN1S(=O)c1ccc(F)cc1. The molecule has 2 atom stereocenters. The van der Waals surface area contributed by atoms with Crippen LogP contribution in [-0.2, 0) is 28.5 Å². The van der Waals surface area contributed by atoms with E-state index < -0.39 is 34.1 Å². The molecule has 1 unspecified atom stereocenters. The van der Waals surface area contributed by atoms with Gasteiger partial charge in [-0.05, 0) is 62.2 Å². The molecular formula is C23H21F4N5O2S. The molecule has 0 radical (unpaired) electrons. The van der Waals surface area contributed by atoms with Gasteiger partial charge in [0.1, 0.15) is 28.7 Å². The molecule has 0 aliphatic carbocycles. The first-order chi connectivity index (χ1) is 16.6. The van der Waals surface area contributed by atoms with E-state index in [1.165, 1.54) is 42.7 Å². The van der Waals surface area contributed by atoms with Crippen molar-refractivity contribution in [3.63, 3.8) is 0 Å². The minimum absolute atomic E-state index is 0.0294. The van der Waals surface area contributed by atoms with Gasteiger partial charge in [0.15, 0.2) is 0 Å². The summed E-state index contributed by atoms with van der Waals surface area (Å²) in [7, 11) is -1.65. The van der Waals surface area contributed by atoms with Gasteiger partial charge < -0.3 is 5.32 Å². The summed E-state index contributed by atoms with van der Waals surface area (Å²) in [5, 5.41) is 2.80. The summed E-state index contributed by atoms with van der Waals surface area (Å²) in [5.41, 5.74) is -0.946. The molecule has 1 aliphatic rings. The summed E-state index contributed by atoms with van der Waals surface area (Å²) < 4.78 is 66.2. The van der Waals surface area contributed by atoms with Crippen LogP contribution in [0.4, 0.5) is 17.6 Å². The zero-order valence-corrected chi connectivity index (χ0v) is 19.4. The number of amides is 1. The van der Waals surface area contributed by atoms with E-state index in [2.05, 4.69) is 20.3 Å². The molecule has 3 aromatic rings. The van der Waals surface area contributed by atoms with Crippen molar-refractivity contribution in [3.05, 3.63) is 72.1 Å². The van der Waals surface area contributed by atoms with Gasteiger partial charge in [0.25, 0.3) is 0 Å². The average Bonchev–Trinajstić information content (AvgIpc) is 3.25. The lowest BCUT2D eigenvalue weighted by Crippen LogP contribution is -2.53. The summed E-state index contributed by atoms with van der Waals surface area (Å²) in [6.45, 7) is 2.17. The van der Waals surface area contributed by atoms with E-state index in [0.29, 0.717) is 35.7 Å². The smallest absolute Gasteiger partial charge is 0.349 e. The van der Waals surface area contributed by atoms with Crippen LogP contribution in [0.3, 0.4) is 0 Å². The molecule has 0 bridgehead atoms. The van der Waals surface area contributed by atoms with Crippen molar-refractivity contribution in [2.75, 3.05) is 6.54 Å². The van der Waals surface area contributed by atoms with E-state index in [9.17, 15) is 26.6 Å². The number of alkyl halides is 3. The predicted octanol–water partition coefficient (Wildman–Crippen LogP) is 3.89. The molecule has 12 heteroatoms. The van der Waals surface area contributed by atoms with Crippen LogP contribution in [0.2, 0.25) is 0 Å². The van der Waals surface area contributed by atoms with Gasteiger partial charge in [-0.25, -0.2) is 22.9 Å². The van der Waals surface area contributed by atoms with Crippen molar-refractivity contribution in [2.24, 2.45) is 0 Å². The van der Waals surface area contributed by atoms with Gasteiger partial charge >= 0.3 is 6.18 Å². The van der Waals surface area contributed by atoms with Gasteiger partial charge in [0.05, 0.1) is 34.1 Å². The molecule has 7 nitrogen and oxygen atoms in total. The lowest BCUT2D eigenvalue weighted by molar-refractivity contribution is -0.137. The van der Waals surface area contributed by atoms with Crippen LogP contribution in [0, 0.1) is 5.82 Å². The Labute approximate surface area is 201 Å². The van der Waals surface area contributed by atoms with Crippen LogP contribution in [-0.4, -0.2) is 41.5 Å². The van der Waals surface area contributed by atoms with Crippen molar-refractivity contribution < 1.29 is 26.6 Å². The quantitative estimate of drug-likeness (QED) is 0.512. The van der Waals surface area contributed by atoms with Crippen LogP contribution in [0.25, 0.3) is 11.4 Å². The maximum Gasteiger partial charge on any atom is 0.417 e. The van der Waals surface area contributed by atoms with Gasteiger partial charge in [0.2, 0.25) is 5.91 Å². The number of nitrogens with zero attached hydrogens (tertiary/aromatic N) is 4. The van der Waals surface area contributed by atoms with Gasteiger partial charge in [-0.2, -0.15) is 13.2 Å². The van der Waals surface area contributed by atoms with Crippen LogP contribution in [0.15, 0.2) is 59.9 Å². The second kappa shape index (κ2) is 9.78. The van der Waals surface area contributed by atoms with E-state index in [-0.39, 0.29) is 18.1 Å². The molecule has 0 saturated carbocycles. The number of carbonyl (C=O) groups excluding carboxylic acids is 1. The Balaban J connectivity index is 1.45. The highest BCUT2D eigenvalue weighted by Crippen LogP contribution is 2.33. The van der Waals surface area contributed by atoms with E-state index >= 15 is 0 Å². The third-order valence-electron chi connectivity index (χ3n) is 5.79. The fourth-order valence-corrected chi connectivity index (χ4v) is 5.28. The Hall–Kier alpha value is -3.25. The Bertz CT molecular complexity index is 1240. The van der Waals surface area contributed by atoms with Crippen molar-refractivity contribution >= 4 is 16.9 Å². The molecule has 1 aliphatic heterocycles. The molecule has 1 fully saturated rings. The maximum absolute atomic E-state index is 13.2. The largest absolute Gasteiger partial charge is 0.417 e. The fourth-order valence-electron chi connectivity index (χ4n) is 3.82.